The molecule has 0 fully saturated rings. The summed E-state index contributed by atoms with van der Waals surface area (Å²) < 4.78 is 16.0. The summed E-state index contributed by atoms with van der Waals surface area (Å²) in [6.45, 7) is 0. The third-order valence-electron chi connectivity index (χ3n) is 5.36. The van der Waals surface area contributed by atoms with Gasteiger partial charge in [0.15, 0.2) is 12.6 Å². The lowest BCUT2D eigenvalue weighted by Gasteiger charge is -2.22. The van der Waals surface area contributed by atoms with Crippen molar-refractivity contribution >= 4 is 44.5 Å². The first-order chi connectivity index (χ1) is 15.2. The zero-order valence-electron chi connectivity index (χ0n) is 16.6. The highest BCUT2D eigenvalue weighted by Gasteiger charge is 2.35. The Morgan fingerprint density at radius 2 is 1.06 bits per heavy atom. The Balaban J connectivity index is 1.97. The van der Waals surface area contributed by atoms with Crippen LogP contribution < -0.4 is 21.3 Å². The van der Waals surface area contributed by atoms with Gasteiger partial charge in [0, 0.05) is 20.7 Å². The molecule has 0 bridgehead atoms. The van der Waals surface area contributed by atoms with Crippen LogP contribution in [0.15, 0.2) is 120 Å². The standard InChI is InChI=1S/C27H19O2PS/c28-25-23-18-10-11-19-24(23)31-27(20-12-4-1-5-13-20)26(25)30(29,21-14-6-2-7-15-21)22-16-8-3-9-17-22/h1-19H. The molecule has 31 heavy (non-hydrogen) atoms. The van der Waals surface area contributed by atoms with E-state index in [2.05, 4.69) is 0 Å². The van der Waals surface area contributed by atoms with Crippen LogP contribution in [-0.4, -0.2) is 0 Å². The Bertz CT molecular complexity index is 1420. The second-order valence-corrected chi connectivity index (χ2v) is 11.0. The van der Waals surface area contributed by atoms with E-state index in [0.29, 0.717) is 21.3 Å². The molecule has 0 N–H and O–H groups in total. The summed E-state index contributed by atoms with van der Waals surface area (Å²) in [6, 6.07) is 36.1. The molecule has 0 radical (unpaired) electrons. The highest BCUT2D eigenvalue weighted by atomic mass is 32.1. The van der Waals surface area contributed by atoms with Crippen LogP contribution in [-0.2, 0) is 4.57 Å². The molecule has 2 nitrogen and oxygen atoms in total. The van der Waals surface area contributed by atoms with Crippen LogP contribution in [0.4, 0.5) is 0 Å². The molecule has 4 aromatic carbocycles. The summed E-state index contributed by atoms with van der Waals surface area (Å²) >= 11 is 1.52. The maximum Gasteiger partial charge on any atom is 0.200 e. The normalized spacial score (nSPS) is 11.5. The summed E-state index contributed by atoms with van der Waals surface area (Å²) in [6.07, 6.45) is 0. The van der Waals surface area contributed by atoms with Gasteiger partial charge < -0.3 is 4.57 Å². The predicted molar refractivity (Wildman–Crippen MR) is 133 cm³/mol. The largest absolute Gasteiger partial charge is 0.308 e. The average molecular weight is 438 g/mol. The molecular formula is C27H19O2PS. The summed E-state index contributed by atoms with van der Waals surface area (Å²) in [5, 5.41) is 2.32. The molecule has 5 rings (SSSR count). The van der Waals surface area contributed by atoms with Crippen molar-refractivity contribution in [3.63, 3.8) is 0 Å². The van der Waals surface area contributed by atoms with Crippen molar-refractivity contribution in [3.05, 3.63) is 125 Å². The Morgan fingerprint density at radius 3 is 1.65 bits per heavy atom. The first-order valence-electron chi connectivity index (χ1n) is 10.0. The van der Waals surface area contributed by atoms with Crippen molar-refractivity contribution in [2.24, 2.45) is 0 Å². The molecule has 0 amide bonds. The molecule has 0 aliphatic rings. The molecular weight excluding hydrogens is 419 g/mol. The van der Waals surface area contributed by atoms with Gasteiger partial charge in [-0.1, -0.05) is 103 Å². The quantitative estimate of drug-likeness (QED) is 0.344. The number of fused-ring (bicyclic) bond motifs is 1. The molecule has 5 aromatic rings. The molecule has 4 heteroatoms. The summed E-state index contributed by atoms with van der Waals surface area (Å²) in [5.74, 6) is 0. The van der Waals surface area contributed by atoms with E-state index in [1.165, 1.54) is 11.3 Å². The predicted octanol–water partition coefficient (Wildman–Crippen LogP) is 5.57. The van der Waals surface area contributed by atoms with Gasteiger partial charge in [0.25, 0.3) is 0 Å². The monoisotopic (exact) mass is 438 g/mol. The Morgan fingerprint density at radius 1 is 0.581 bits per heavy atom. The lowest BCUT2D eigenvalue weighted by Crippen LogP contribution is -2.35. The van der Waals surface area contributed by atoms with Gasteiger partial charge in [0.1, 0.15) is 0 Å². The van der Waals surface area contributed by atoms with E-state index in [1.54, 1.807) is 0 Å². The van der Waals surface area contributed by atoms with E-state index in [0.717, 1.165) is 15.1 Å². The maximum atomic E-state index is 15.1. The zero-order valence-corrected chi connectivity index (χ0v) is 18.4. The third-order valence-corrected chi connectivity index (χ3v) is 9.84. The van der Waals surface area contributed by atoms with Gasteiger partial charge in [-0.2, -0.15) is 0 Å². The molecule has 150 valence electrons. The van der Waals surface area contributed by atoms with E-state index < -0.39 is 7.14 Å². The minimum atomic E-state index is -3.42. The molecule has 0 unspecified atom stereocenters. The number of rotatable bonds is 4. The van der Waals surface area contributed by atoms with Gasteiger partial charge in [-0.05, 0) is 17.7 Å². The minimum absolute atomic E-state index is 0.163. The summed E-state index contributed by atoms with van der Waals surface area (Å²) in [4.78, 5) is 14.7. The van der Waals surface area contributed by atoms with Crippen molar-refractivity contribution in [2.45, 2.75) is 0 Å². The lowest BCUT2D eigenvalue weighted by molar-refractivity contribution is 0.592. The van der Waals surface area contributed by atoms with E-state index in [4.69, 9.17) is 0 Å². The van der Waals surface area contributed by atoms with E-state index >= 15 is 4.57 Å². The fourth-order valence-electron chi connectivity index (χ4n) is 3.89. The van der Waals surface area contributed by atoms with Gasteiger partial charge in [-0.15, -0.1) is 11.3 Å². The molecule has 0 saturated carbocycles. The lowest BCUT2D eigenvalue weighted by atomic mass is 10.1. The molecule has 0 aliphatic carbocycles. The molecule has 0 aliphatic heterocycles. The minimum Gasteiger partial charge on any atom is -0.308 e. The van der Waals surface area contributed by atoms with Crippen LogP contribution in [0, 0.1) is 0 Å². The van der Waals surface area contributed by atoms with E-state index in [1.807, 2.05) is 115 Å². The van der Waals surface area contributed by atoms with Crippen LogP contribution in [0.3, 0.4) is 0 Å². The molecule has 0 atom stereocenters. The topological polar surface area (TPSA) is 34.1 Å². The first kappa shape index (κ1) is 19.7. The second-order valence-electron chi connectivity index (χ2n) is 7.25. The van der Waals surface area contributed by atoms with Crippen LogP contribution in [0.2, 0.25) is 0 Å². The second kappa shape index (κ2) is 8.11. The van der Waals surface area contributed by atoms with Gasteiger partial charge in [-0.3, -0.25) is 4.79 Å². The van der Waals surface area contributed by atoms with E-state index in [9.17, 15) is 4.79 Å². The smallest absolute Gasteiger partial charge is 0.200 e. The first-order valence-corrected chi connectivity index (χ1v) is 12.5. The van der Waals surface area contributed by atoms with Crippen LogP contribution in [0.25, 0.3) is 20.5 Å². The Kier molecular flexibility index (Phi) is 5.15. The molecule has 1 heterocycles. The Hall–Kier alpha value is -3.26. The fraction of sp³-hybridized carbons (Fsp3) is 0. The van der Waals surface area contributed by atoms with Gasteiger partial charge in [-0.25, -0.2) is 0 Å². The van der Waals surface area contributed by atoms with Crippen molar-refractivity contribution in [1.29, 1.82) is 0 Å². The van der Waals surface area contributed by atoms with Gasteiger partial charge in [0.05, 0.1) is 10.2 Å². The van der Waals surface area contributed by atoms with Crippen molar-refractivity contribution in [2.75, 3.05) is 0 Å². The van der Waals surface area contributed by atoms with Crippen LogP contribution >= 0.6 is 18.5 Å². The molecule has 0 saturated heterocycles. The third kappa shape index (κ3) is 3.37. The number of hydrogen-bond donors (Lipinski definition) is 0. The van der Waals surface area contributed by atoms with Gasteiger partial charge in [0.2, 0.25) is 0 Å². The highest BCUT2D eigenvalue weighted by Crippen LogP contribution is 2.45. The zero-order chi connectivity index (χ0) is 21.3. The molecule has 0 spiro atoms. The highest BCUT2D eigenvalue weighted by molar-refractivity contribution is 7.85. The molecule has 1 aromatic heterocycles. The van der Waals surface area contributed by atoms with Gasteiger partial charge >= 0.3 is 0 Å². The van der Waals surface area contributed by atoms with Crippen LogP contribution in [0.5, 0.6) is 0 Å². The van der Waals surface area contributed by atoms with Crippen molar-refractivity contribution in [1.82, 2.24) is 0 Å². The van der Waals surface area contributed by atoms with Crippen molar-refractivity contribution < 1.29 is 4.57 Å². The summed E-state index contributed by atoms with van der Waals surface area (Å²) in [5.41, 5.74) is 0.738. The maximum absolute atomic E-state index is 15.1. The van der Waals surface area contributed by atoms with E-state index in [-0.39, 0.29) is 5.43 Å². The van der Waals surface area contributed by atoms with Crippen molar-refractivity contribution in [3.8, 4) is 10.4 Å². The SMILES string of the molecule is O=c1c(P(=O)(c2ccccc2)c2ccccc2)c(-c2ccccc2)sc2ccccc12. The Labute approximate surface area is 184 Å². The fourth-order valence-corrected chi connectivity index (χ4v) is 8.31. The van der Waals surface area contributed by atoms with Crippen LogP contribution in [0.1, 0.15) is 0 Å². The number of hydrogen-bond acceptors (Lipinski definition) is 3. The average Bonchev–Trinajstić information content (AvgIpc) is 2.85. The summed E-state index contributed by atoms with van der Waals surface area (Å²) in [7, 11) is -3.42. The number of benzene rings is 4.